The van der Waals surface area contributed by atoms with Crippen LogP contribution in [-0.4, -0.2) is 36.8 Å². The average Bonchev–Trinajstić information content (AvgIpc) is 2.50. The van der Waals surface area contributed by atoms with Crippen LogP contribution in [0, 0.1) is 5.82 Å². The summed E-state index contributed by atoms with van der Waals surface area (Å²) in [5.41, 5.74) is 1.65. The minimum Gasteiger partial charge on any atom is -0.357 e. The van der Waals surface area contributed by atoms with Crippen LogP contribution >= 0.6 is 35.7 Å². The van der Waals surface area contributed by atoms with Crippen LogP contribution in [0.25, 0.3) is 0 Å². The first-order chi connectivity index (χ1) is 11.7. The lowest BCUT2D eigenvalue weighted by molar-refractivity contribution is -0.121. The van der Waals surface area contributed by atoms with Crippen LogP contribution in [0.4, 0.5) is 4.39 Å². The van der Waals surface area contributed by atoms with E-state index in [1.807, 2.05) is 34.0 Å². The van der Waals surface area contributed by atoms with E-state index < -0.39 is 0 Å². The van der Waals surface area contributed by atoms with E-state index in [2.05, 4.69) is 20.9 Å². The highest BCUT2D eigenvalue weighted by Gasteiger charge is 2.13. The third-order valence-electron chi connectivity index (χ3n) is 3.15. The molecule has 8 heteroatoms. The van der Waals surface area contributed by atoms with Crippen LogP contribution in [0.1, 0.15) is 38.8 Å². The number of halogens is 2. The Morgan fingerprint density at radius 3 is 2.50 bits per heavy atom. The highest BCUT2D eigenvalue weighted by molar-refractivity contribution is 14.0. The first-order valence-electron chi connectivity index (χ1n) is 8.34. The van der Waals surface area contributed by atoms with Gasteiger partial charge in [0.15, 0.2) is 5.96 Å². The third kappa shape index (κ3) is 10.2. The summed E-state index contributed by atoms with van der Waals surface area (Å²) in [6.45, 7) is 9.03. The highest BCUT2D eigenvalue weighted by atomic mass is 127. The van der Waals surface area contributed by atoms with Crippen molar-refractivity contribution in [1.29, 1.82) is 0 Å². The number of benzene rings is 1. The highest BCUT2D eigenvalue weighted by Crippen LogP contribution is 2.17. The lowest BCUT2D eigenvalue weighted by Gasteiger charge is -2.21. The number of guanidine groups is 1. The topological polar surface area (TPSA) is 65.5 Å². The molecule has 26 heavy (non-hydrogen) atoms. The Morgan fingerprint density at radius 2 is 1.92 bits per heavy atom. The minimum atomic E-state index is -0.269. The van der Waals surface area contributed by atoms with E-state index >= 15 is 0 Å². The van der Waals surface area contributed by atoms with E-state index in [1.165, 1.54) is 6.07 Å². The molecule has 1 aromatic rings. The standard InChI is InChI=1S/C18H29FN4OS.HI/c1-6-20-17(22-11-16(24)23-18(2,3)4)21-10-13-7-8-15(19)9-14(13)12-25-5;/h7-9H,6,10-12H2,1-5H3,(H,23,24)(H2,20,21,22);1H. The van der Waals surface area contributed by atoms with E-state index in [9.17, 15) is 9.18 Å². The van der Waals surface area contributed by atoms with E-state index in [1.54, 1.807) is 23.9 Å². The molecule has 0 radical (unpaired) electrons. The van der Waals surface area contributed by atoms with Crippen LogP contribution in [0.5, 0.6) is 0 Å². The first-order valence-corrected chi connectivity index (χ1v) is 9.74. The number of aliphatic imine (C=N–C) groups is 1. The summed E-state index contributed by atoms with van der Waals surface area (Å²) in [6, 6.07) is 4.77. The normalized spacial score (nSPS) is 11.5. The molecule has 0 atom stereocenters. The van der Waals surface area contributed by atoms with Gasteiger partial charge in [-0.3, -0.25) is 4.79 Å². The summed E-state index contributed by atoms with van der Waals surface area (Å²) >= 11 is 1.64. The summed E-state index contributed by atoms with van der Waals surface area (Å²) in [7, 11) is 0. The Labute approximate surface area is 177 Å². The van der Waals surface area contributed by atoms with Crippen molar-refractivity contribution in [3.8, 4) is 0 Å². The Kier molecular flexibility index (Phi) is 11.9. The van der Waals surface area contributed by atoms with Gasteiger partial charge in [0, 0.05) is 17.8 Å². The van der Waals surface area contributed by atoms with Crippen molar-refractivity contribution < 1.29 is 9.18 Å². The molecule has 0 unspecified atom stereocenters. The molecule has 0 bridgehead atoms. The molecule has 0 heterocycles. The summed E-state index contributed by atoms with van der Waals surface area (Å²) < 4.78 is 13.4. The summed E-state index contributed by atoms with van der Waals surface area (Å²) in [4.78, 5) is 16.4. The van der Waals surface area contributed by atoms with Crippen molar-refractivity contribution in [3.63, 3.8) is 0 Å². The summed E-state index contributed by atoms with van der Waals surface area (Å²) in [6.07, 6.45) is 1.98. The molecule has 0 aliphatic carbocycles. The molecule has 5 nitrogen and oxygen atoms in total. The second-order valence-electron chi connectivity index (χ2n) is 6.69. The molecule has 0 aromatic heterocycles. The number of nitrogens with one attached hydrogen (secondary N) is 3. The summed E-state index contributed by atoms with van der Waals surface area (Å²) in [5.74, 6) is 0.968. The van der Waals surface area contributed by atoms with Gasteiger partial charge in [-0.05, 0) is 57.2 Å². The largest absolute Gasteiger partial charge is 0.357 e. The van der Waals surface area contributed by atoms with Gasteiger partial charge in [0.25, 0.3) is 0 Å². The van der Waals surface area contributed by atoms with Crippen molar-refractivity contribution in [1.82, 2.24) is 16.0 Å². The van der Waals surface area contributed by atoms with Crippen LogP contribution in [0.2, 0.25) is 0 Å². The smallest absolute Gasteiger partial charge is 0.239 e. The van der Waals surface area contributed by atoms with E-state index in [-0.39, 0.29) is 47.8 Å². The van der Waals surface area contributed by atoms with Crippen LogP contribution < -0.4 is 16.0 Å². The SMILES string of the molecule is CCNC(=NCc1ccc(F)cc1CSC)NCC(=O)NC(C)(C)C.I. The Hall–Kier alpha value is -1.03. The Balaban J connectivity index is 0.00000625. The van der Waals surface area contributed by atoms with Crippen molar-refractivity contribution in [2.24, 2.45) is 4.99 Å². The molecule has 0 spiro atoms. The van der Waals surface area contributed by atoms with Gasteiger partial charge in [-0.2, -0.15) is 11.8 Å². The first kappa shape index (κ1) is 25.0. The number of rotatable bonds is 7. The van der Waals surface area contributed by atoms with Crippen molar-refractivity contribution in [3.05, 3.63) is 35.1 Å². The van der Waals surface area contributed by atoms with Crippen LogP contribution in [0.15, 0.2) is 23.2 Å². The predicted molar refractivity (Wildman–Crippen MR) is 120 cm³/mol. The maximum Gasteiger partial charge on any atom is 0.239 e. The molecule has 0 saturated heterocycles. The minimum absolute atomic E-state index is 0. The van der Waals surface area contributed by atoms with Gasteiger partial charge in [-0.25, -0.2) is 9.38 Å². The maximum atomic E-state index is 13.4. The average molecular weight is 496 g/mol. The molecule has 0 aliphatic heterocycles. The lowest BCUT2D eigenvalue weighted by atomic mass is 10.1. The van der Waals surface area contributed by atoms with Crippen molar-refractivity contribution >= 4 is 47.6 Å². The molecule has 1 aromatic carbocycles. The number of nitrogens with zero attached hydrogens (tertiary/aromatic N) is 1. The zero-order valence-corrected chi connectivity index (χ0v) is 19.3. The molecule has 0 aliphatic rings. The molecule has 148 valence electrons. The van der Waals surface area contributed by atoms with Crippen LogP contribution in [0.3, 0.4) is 0 Å². The molecule has 1 rings (SSSR count). The molecular weight excluding hydrogens is 466 g/mol. The number of carbonyl (C=O) groups excluding carboxylic acids is 1. The molecule has 0 fully saturated rings. The fraction of sp³-hybridized carbons (Fsp3) is 0.556. The number of thioether (sulfide) groups is 1. The molecule has 3 N–H and O–H groups in total. The fourth-order valence-electron chi connectivity index (χ4n) is 2.17. The maximum absolute atomic E-state index is 13.4. The van der Waals surface area contributed by atoms with Gasteiger partial charge in [0.05, 0.1) is 13.1 Å². The predicted octanol–water partition coefficient (Wildman–Crippen LogP) is 3.28. The molecule has 0 saturated carbocycles. The Bertz CT molecular complexity index is 605. The van der Waals surface area contributed by atoms with E-state index in [0.717, 1.165) is 16.9 Å². The van der Waals surface area contributed by atoms with Crippen molar-refractivity contribution in [2.75, 3.05) is 19.3 Å². The lowest BCUT2D eigenvalue weighted by Crippen LogP contribution is -2.48. The fourth-order valence-corrected chi connectivity index (χ4v) is 2.75. The second-order valence-corrected chi connectivity index (χ2v) is 7.56. The van der Waals surface area contributed by atoms with Gasteiger partial charge in [-0.1, -0.05) is 6.07 Å². The monoisotopic (exact) mass is 496 g/mol. The number of amides is 1. The second kappa shape index (κ2) is 12.4. The van der Waals surface area contributed by atoms with E-state index in [4.69, 9.17) is 0 Å². The summed E-state index contributed by atoms with van der Waals surface area (Å²) in [5, 5.41) is 9.03. The van der Waals surface area contributed by atoms with Gasteiger partial charge < -0.3 is 16.0 Å². The van der Waals surface area contributed by atoms with Gasteiger partial charge >= 0.3 is 0 Å². The number of hydrogen-bond acceptors (Lipinski definition) is 3. The van der Waals surface area contributed by atoms with Gasteiger partial charge in [0.1, 0.15) is 5.82 Å². The van der Waals surface area contributed by atoms with Crippen LogP contribution in [-0.2, 0) is 17.1 Å². The number of hydrogen-bond donors (Lipinski definition) is 3. The van der Waals surface area contributed by atoms with E-state index in [0.29, 0.717) is 19.0 Å². The van der Waals surface area contributed by atoms with Gasteiger partial charge in [-0.15, -0.1) is 24.0 Å². The number of carbonyl (C=O) groups is 1. The Morgan fingerprint density at radius 1 is 1.23 bits per heavy atom. The zero-order chi connectivity index (χ0) is 18.9. The molecular formula is C18H30FIN4OS. The third-order valence-corrected chi connectivity index (χ3v) is 3.75. The van der Waals surface area contributed by atoms with Gasteiger partial charge in [0.2, 0.25) is 5.91 Å². The zero-order valence-electron chi connectivity index (χ0n) is 16.1. The van der Waals surface area contributed by atoms with Crippen molar-refractivity contribution in [2.45, 2.75) is 45.5 Å². The quantitative estimate of drug-likeness (QED) is 0.308. The molecule has 1 amide bonds.